The van der Waals surface area contributed by atoms with Crippen molar-refractivity contribution in [2.75, 3.05) is 0 Å². The second kappa shape index (κ2) is 6.36. The van der Waals surface area contributed by atoms with Crippen molar-refractivity contribution in [1.29, 1.82) is 0 Å². The number of aryl methyl sites for hydroxylation is 1. The molecule has 0 N–H and O–H groups in total. The van der Waals surface area contributed by atoms with E-state index >= 15 is 0 Å². The first-order valence-corrected chi connectivity index (χ1v) is 8.41. The van der Waals surface area contributed by atoms with Gasteiger partial charge in [-0.3, -0.25) is 0 Å². The normalized spacial score (nSPS) is 20.1. The monoisotopic (exact) mass is 324 g/mol. The molecule has 1 aliphatic heterocycles. The molecule has 0 bridgehead atoms. The smallest absolute Gasteiger partial charge is 0.378 e. The molecule has 3 rings (SSSR count). The van der Waals surface area contributed by atoms with Crippen LogP contribution in [0.1, 0.15) is 50.5 Å². The average Bonchev–Trinajstić information content (AvgIpc) is 2.74. The van der Waals surface area contributed by atoms with Gasteiger partial charge < -0.3 is 14.0 Å². The summed E-state index contributed by atoms with van der Waals surface area (Å²) in [4.78, 5) is 0. The Morgan fingerprint density at radius 1 is 0.792 bits per heavy atom. The lowest BCUT2D eigenvalue weighted by atomic mass is 9.90. The van der Waals surface area contributed by atoms with E-state index in [2.05, 4.69) is 43.3 Å². The van der Waals surface area contributed by atoms with E-state index < -0.39 is 18.5 Å². The van der Waals surface area contributed by atoms with Crippen LogP contribution in [0.5, 0.6) is 0 Å². The zero-order valence-corrected chi connectivity index (χ0v) is 15.1. The zero-order chi connectivity index (χ0) is 17.4. The van der Waals surface area contributed by atoms with Crippen molar-refractivity contribution in [3.63, 3.8) is 0 Å². The van der Waals surface area contributed by atoms with Crippen LogP contribution in [0, 0.1) is 6.92 Å². The highest BCUT2D eigenvalue weighted by molar-refractivity contribution is 6.37. The SMILES string of the molecule is Cc1ccc(C(OB2OC(C)(C)C(C)(C)O2)c2ccccc2)cc1. The minimum absolute atomic E-state index is 0.235. The van der Waals surface area contributed by atoms with Crippen molar-refractivity contribution in [2.45, 2.75) is 51.9 Å². The molecule has 0 aromatic heterocycles. The first-order valence-electron chi connectivity index (χ1n) is 8.41. The van der Waals surface area contributed by atoms with Crippen molar-refractivity contribution >= 4 is 7.32 Å². The fourth-order valence-electron chi connectivity index (χ4n) is 2.67. The summed E-state index contributed by atoms with van der Waals surface area (Å²) in [6.45, 7) is 10.2. The van der Waals surface area contributed by atoms with Crippen molar-refractivity contribution in [2.24, 2.45) is 0 Å². The van der Waals surface area contributed by atoms with Crippen molar-refractivity contribution in [3.8, 4) is 0 Å². The Balaban J connectivity index is 1.88. The lowest BCUT2D eigenvalue weighted by Gasteiger charge is -2.31. The molecule has 3 nitrogen and oxygen atoms in total. The van der Waals surface area contributed by atoms with Gasteiger partial charge in [-0.1, -0.05) is 60.2 Å². The Morgan fingerprint density at radius 2 is 1.29 bits per heavy atom. The molecular weight excluding hydrogens is 299 g/mol. The van der Waals surface area contributed by atoms with Crippen LogP contribution in [-0.2, 0) is 14.0 Å². The Kier molecular flexibility index (Phi) is 4.56. The second-order valence-corrected chi connectivity index (χ2v) is 7.38. The number of rotatable bonds is 4. The maximum absolute atomic E-state index is 6.25. The van der Waals surface area contributed by atoms with Crippen LogP contribution < -0.4 is 0 Å². The first-order chi connectivity index (χ1) is 11.3. The highest BCUT2D eigenvalue weighted by atomic mass is 16.8. The topological polar surface area (TPSA) is 27.7 Å². The Morgan fingerprint density at radius 3 is 1.83 bits per heavy atom. The molecule has 0 spiro atoms. The van der Waals surface area contributed by atoms with Gasteiger partial charge in [-0.05, 0) is 45.7 Å². The summed E-state index contributed by atoms with van der Waals surface area (Å²) < 4.78 is 18.3. The molecule has 0 saturated carbocycles. The van der Waals surface area contributed by atoms with E-state index in [0.29, 0.717) is 0 Å². The summed E-state index contributed by atoms with van der Waals surface area (Å²) in [7, 11) is -0.693. The van der Waals surface area contributed by atoms with Crippen LogP contribution in [-0.4, -0.2) is 18.5 Å². The van der Waals surface area contributed by atoms with Crippen molar-refractivity contribution < 1.29 is 14.0 Å². The molecule has 1 fully saturated rings. The Labute approximate surface area is 145 Å². The maximum atomic E-state index is 6.25. The highest BCUT2D eigenvalue weighted by Crippen LogP contribution is 2.39. The zero-order valence-electron chi connectivity index (χ0n) is 15.1. The summed E-state index contributed by atoms with van der Waals surface area (Å²) in [6, 6.07) is 18.6. The van der Waals surface area contributed by atoms with Gasteiger partial charge in [-0.2, -0.15) is 0 Å². The Hall–Kier alpha value is -1.62. The van der Waals surface area contributed by atoms with Gasteiger partial charge in [-0.25, -0.2) is 0 Å². The summed E-state index contributed by atoms with van der Waals surface area (Å²) in [6.07, 6.45) is -0.235. The molecule has 2 aromatic carbocycles. The summed E-state index contributed by atoms with van der Waals surface area (Å²) in [5.74, 6) is 0. The molecule has 1 aliphatic rings. The summed E-state index contributed by atoms with van der Waals surface area (Å²) in [5.41, 5.74) is 2.57. The van der Waals surface area contributed by atoms with Crippen molar-refractivity contribution in [1.82, 2.24) is 0 Å². The number of hydrogen-bond donors (Lipinski definition) is 0. The molecule has 4 heteroatoms. The van der Waals surface area contributed by atoms with Gasteiger partial charge in [0.05, 0.1) is 17.3 Å². The van der Waals surface area contributed by atoms with E-state index in [1.54, 1.807) is 0 Å². The number of benzene rings is 2. The van der Waals surface area contributed by atoms with Crippen molar-refractivity contribution in [3.05, 3.63) is 71.3 Å². The van der Waals surface area contributed by atoms with E-state index in [1.807, 2.05) is 45.9 Å². The van der Waals surface area contributed by atoms with E-state index in [-0.39, 0.29) is 6.10 Å². The molecular formula is C20H25BO3. The lowest BCUT2D eigenvalue weighted by molar-refractivity contribution is 0.00578. The largest absolute Gasteiger partial charge is 0.641 e. The highest BCUT2D eigenvalue weighted by Gasteiger charge is 2.53. The minimum Gasteiger partial charge on any atom is -0.378 e. The summed E-state index contributed by atoms with van der Waals surface area (Å²) in [5, 5.41) is 0. The summed E-state index contributed by atoms with van der Waals surface area (Å²) >= 11 is 0. The predicted molar refractivity (Wildman–Crippen MR) is 96.6 cm³/mol. The van der Waals surface area contributed by atoms with Gasteiger partial charge in [-0.15, -0.1) is 0 Å². The predicted octanol–water partition coefficient (Wildman–Crippen LogP) is 4.69. The first kappa shape index (κ1) is 17.2. The van der Waals surface area contributed by atoms with Gasteiger partial charge >= 0.3 is 7.32 Å². The fourth-order valence-corrected chi connectivity index (χ4v) is 2.67. The molecule has 0 radical (unpaired) electrons. The molecule has 126 valence electrons. The van der Waals surface area contributed by atoms with Crippen LogP contribution in [0.4, 0.5) is 0 Å². The van der Waals surface area contributed by atoms with Gasteiger partial charge in [0.2, 0.25) is 0 Å². The third kappa shape index (κ3) is 3.41. The van der Waals surface area contributed by atoms with Crippen LogP contribution >= 0.6 is 0 Å². The van der Waals surface area contributed by atoms with Gasteiger partial charge in [0, 0.05) is 0 Å². The van der Waals surface area contributed by atoms with Crippen LogP contribution in [0.3, 0.4) is 0 Å². The standard InChI is InChI=1S/C20H25BO3/c1-15-11-13-17(14-12-15)18(16-9-7-6-8-10-16)22-21-23-19(2,3)20(4,5)24-21/h6-14,18H,1-5H3. The van der Waals surface area contributed by atoms with E-state index in [0.717, 1.165) is 11.1 Å². The quantitative estimate of drug-likeness (QED) is 0.764. The molecule has 1 unspecified atom stereocenters. The fraction of sp³-hybridized carbons (Fsp3) is 0.400. The van der Waals surface area contributed by atoms with Gasteiger partial charge in [0.1, 0.15) is 0 Å². The maximum Gasteiger partial charge on any atom is 0.641 e. The molecule has 1 atom stereocenters. The molecule has 1 saturated heterocycles. The molecule has 0 amide bonds. The van der Waals surface area contributed by atoms with E-state index in [4.69, 9.17) is 14.0 Å². The lowest BCUT2D eigenvalue weighted by Crippen LogP contribution is -2.41. The van der Waals surface area contributed by atoms with E-state index in [9.17, 15) is 0 Å². The van der Waals surface area contributed by atoms with E-state index in [1.165, 1.54) is 5.56 Å². The van der Waals surface area contributed by atoms with Gasteiger partial charge in [0.15, 0.2) is 0 Å². The van der Waals surface area contributed by atoms with Crippen LogP contribution in [0.2, 0.25) is 0 Å². The Bertz CT molecular complexity index is 664. The minimum atomic E-state index is -0.693. The van der Waals surface area contributed by atoms with Crippen LogP contribution in [0.25, 0.3) is 0 Å². The van der Waals surface area contributed by atoms with Crippen LogP contribution in [0.15, 0.2) is 54.6 Å². The molecule has 24 heavy (non-hydrogen) atoms. The third-order valence-corrected chi connectivity index (χ3v) is 4.96. The number of hydrogen-bond acceptors (Lipinski definition) is 3. The third-order valence-electron chi connectivity index (χ3n) is 4.96. The average molecular weight is 324 g/mol. The molecule has 2 aromatic rings. The van der Waals surface area contributed by atoms with Gasteiger partial charge in [0.25, 0.3) is 0 Å². The molecule has 0 aliphatic carbocycles. The second-order valence-electron chi connectivity index (χ2n) is 7.38. The molecule has 1 heterocycles.